The van der Waals surface area contributed by atoms with E-state index in [0.717, 1.165) is 4.47 Å². The van der Waals surface area contributed by atoms with Gasteiger partial charge in [-0.15, -0.1) is 0 Å². The molecule has 0 unspecified atom stereocenters. The minimum Gasteiger partial charge on any atom is -0.490 e. The van der Waals surface area contributed by atoms with Gasteiger partial charge in [-0.05, 0) is 28.1 Å². The van der Waals surface area contributed by atoms with Gasteiger partial charge in [0.25, 0.3) is 0 Å². The highest BCUT2D eigenvalue weighted by Gasteiger charge is 2.06. The number of nitriles is 1. The molecule has 0 amide bonds. The first-order chi connectivity index (χ1) is 9.79. The number of benzene rings is 1. The molecule has 1 aromatic carbocycles. The average Bonchev–Trinajstić information content (AvgIpc) is 2.45. The van der Waals surface area contributed by atoms with Gasteiger partial charge in [0.2, 0.25) is 0 Å². The van der Waals surface area contributed by atoms with Crippen molar-refractivity contribution in [2.24, 2.45) is 0 Å². The molecule has 20 heavy (non-hydrogen) atoms. The molecule has 0 heterocycles. The molecule has 1 aromatic rings. The Bertz CT molecular complexity index is 434. The average molecular weight is 344 g/mol. The Morgan fingerprint density at radius 2 is 1.70 bits per heavy atom. The zero-order valence-corrected chi connectivity index (χ0v) is 13.0. The summed E-state index contributed by atoms with van der Waals surface area (Å²) in [5.41, 5.74) is 0.496. The zero-order chi connectivity index (χ0) is 14.6. The highest BCUT2D eigenvalue weighted by Crippen LogP contribution is 2.25. The third-order valence-electron chi connectivity index (χ3n) is 2.38. The molecule has 0 radical (unpaired) electrons. The fraction of sp³-hybridized carbons (Fsp3) is 0.500. The summed E-state index contributed by atoms with van der Waals surface area (Å²) in [7, 11) is 1.63. The Kier molecular flexibility index (Phi) is 9.00. The molecule has 0 aliphatic rings. The van der Waals surface area contributed by atoms with Crippen LogP contribution in [0.5, 0.6) is 5.75 Å². The van der Waals surface area contributed by atoms with E-state index in [1.807, 2.05) is 6.07 Å². The van der Waals surface area contributed by atoms with Crippen molar-refractivity contribution in [3.8, 4) is 11.8 Å². The lowest BCUT2D eigenvalue weighted by Gasteiger charge is -2.09. The molecule has 0 saturated heterocycles. The summed E-state index contributed by atoms with van der Waals surface area (Å²) in [5.74, 6) is 0.557. The second kappa shape index (κ2) is 10.6. The van der Waals surface area contributed by atoms with Crippen molar-refractivity contribution in [2.75, 3.05) is 46.8 Å². The predicted molar refractivity (Wildman–Crippen MR) is 77.9 cm³/mol. The van der Waals surface area contributed by atoms with Gasteiger partial charge in [-0.2, -0.15) is 5.26 Å². The molecule has 0 atom stereocenters. The molecule has 0 N–H and O–H groups in total. The maximum absolute atomic E-state index is 9.02. The Morgan fingerprint density at radius 3 is 2.35 bits per heavy atom. The zero-order valence-electron chi connectivity index (χ0n) is 11.4. The predicted octanol–water partition coefficient (Wildman–Crippen LogP) is 2.38. The van der Waals surface area contributed by atoms with Crippen LogP contribution in [0.4, 0.5) is 0 Å². The van der Waals surface area contributed by atoms with E-state index in [-0.39, 0.29) is 0 Å². The van der Waals surface area contributed by atoms with E-state index >= 15 is 0 Å². The van der Waals surface area contributed by atoms with Crippen LogP contribution in [0, 0.1) is 11.3 Å². The summed E-state index contributed by atoms with van der Waals surface area (Å²) in [6.07, 6.45) is 0. The lowest BCUT2D eigenvalue weighted by Crippen LogP contribution is -2.12. The standard InChI is InChI=1S/C14H18BrNO4/c1-17-5-6-18-7-8-19-9-10-20-14-4-2-3-13(15)12(14)11-16/h2-4H,5-10H2,1H3. The van der Waals surface area contributed by atoms with Crippen molar-refractivity contribution in [1.29, 1.82) is 5.26 Å². The van der Waals surface area contributed by atoms with Crippen LogP contribution in [0.2, 0.25) is 0 Å². The molecule has 5 nitrogen and oxygen atoms in total. The number of hydrogen-bond acceptors (Lipinski definition) is 5. The van der Waals surface area contributed by atoms with Crippen LogP contribution >= 0.6 is 15.9 Å². The number of rotatable bonds is 10. The summed E-state index contributed by atoms with van der Waals surface area (Å²) < 4.78 is 21.7. The second-order valence-electron chi connectivity index (χ2n) is 3.79. The van der Waals surface area contributed by atoms with Crippen LogP contribution in [-0.2, 0) is 14.2 Å². The van der Waals surface area contributed by atoms with Gasteiger partial charge in [-0.25, -0.2) is 0 Å². The van der Waals surface area contributed by atoms with Gasteiger partial charge in [0.05, 0.1) is 33.0 Å². The summed E-state index contributed by atoms with van der Waals surface area (Å²) in [5, 5.41) is 9.02. The van der Waals surface area contributed by atoms with Gasteiger partial charge in [0.1, 0.15) is 24.0 Å². The Labute approximate surface area is 127 Å². The summed E-state index contributed by atoms with van der Waals surface area (Å²) >= 11 is 3.31. The monoisotopic (exact) mass is 343 g/mol. The molecule has 0 bridgehead atoms. The smallest absolute Gasteiger partial charge is 0.138 e. The van der Waals surface area contributed by atoms with Gasteiger partial charge >= 0.3 is 0 Å². The number of halogens is 1. The van der Waals surface area contributed by atoms with E-state index in [1.165, 1.54) is 0 Å². The van der Waals surface area contributed by atoms with Gasteiger partial charge in [0, 0.05) is 11.6 Å². The van der Waals surface area contributed by atoms with Crippen molar-refractivity contribution in [3.05, 3.63) is 28.2 Å². The van der Waals surface area contributed by atoms with E-state index in [4.69, 9.17) is 24.2 Å². The van der Waals surface area contributed by atoms with Crippen molar-refractivity contribution in [1.82, 2.24) is 0 Å². The van der Waals surface area contributed by atoms with Crippen molar-refractivity contribution in [2.45, 2.75) is 0 Å². The number of ether oxygens (including phenoxy) is 4. The fourth-order valence-corrected chi connectivity index (χ4v) is 1.84. The van der Waals surface area contributed by atoms with E-state index < -0.39 is 0 Å². The van der Waals surface area contributed by atoms with Crippen LogP contribution < -0.4 is 4.74 Å². The molecule has 6 heteroatoms. The fourth-order valence-electron chi connectivity index (χ4n) is 1.41. The van der Waals surface area contributed by atoms with Gasteiger partial charge in [-0.1, -0.05) is 6.07 Å². The van der Waals surface area contributed by atoms with Crippen LogP contribution in [0.15, 0.2) is 22.7 Å². The molecule has 1 rings (SSSR count). The third kappa shape index (κ3) is 6.35. The molecular formula is C14H18BrNO4. The van der Waals surface area contributed by atoms with E-state index in [1.54, 1.807) is 19.2 Å². The maximum atomic E-state index is 9.02. The van der Waals surface area contributed by atoms with E-state index in [9.17, 15) is 0 Å². The molecule has 0 aliphatic heterocycles. The highest BCUT2D eigenvalue weighted by molar-refractivity contribution is 9.10. The third-order valence-corrected chi connectivity index (χ3v) is 3.04. The van der Waals surface area contributed by atoms with Crippen LogP contribution in [0.25, 0.3) is 0 Å². The topological polar surface area (TPSA) is 60.7 Å². The molecule has 0 aliphatic carbocycles. The normalized spacial score (nSPS) is 10.2. The van der Waals surface area contributed by atoms with Gasteiger partial charge < -0.3 is 18.9 Å². The van der Waals surface area contributed by atoms with Gasteiger partial charge in [0.15, 0.2) is 0 Å². The quantitative estimate of drug-likeness (QED) is 0.610. The van der Waals surface area contributed by atoms with Crippen LogP contribution in [-0.4, -0.2) is 46.8 Å². The molecule has 0 spiro atoms. The number of nitrogens with zero attached hydrogens (tertiary/aromatic N) is 1. The van der Waals surface area contributed by atoms with E-state index in [0.29, 0.717) is 51.0 Å². The van der Waals surface area contributed by atoms with Crippen molar-refractivity contribution < 1.29 is 18.9 Å². The van der Waals surface area contributed by atoms with Crippen LogP contribution in [0.3, 0.4) is 0 Å². The first-order valence-corrected chi connectivity index (χ1v) is 7.04. The molecular weight excluding hydrogens is 326 g/mol. The van der Waals surface area contributed by atoms with Crippen molar-refractivity contribution in [3.63, 3.8) is 0 Å². The first-order valence-electron chi connectivity index (χ1n) is 6.25. The molecule has 0 aromatic heterocycles. The number of hydrogen-bond donors (Lipinski definition) is 0. The van der Waals surface area contributed by atoms with Gasteiger partial charge in [-0.3, -0.25) is 0 Å². The number of methoxy groups -OCH3 is 1. The largest absolute Gasteiger partial charge is 0.490 e. The Hall–Kier alpha value is -1.13. The summed E-state index contributed by atoms with van der Waals surface area (Å²) in [6, 6.07) is 7.49. The van der Waals surface area contributed by atoms with Crippen molar-refractivity contribution >= 4 is 15.9 Å². The molecule has 110 valence electrons. The molecule has 0 fully saturated rings. The lowest BCUT2D eigenvalue weighted by molar-refractivity contribution is 0.0179. The Morgan fingerprint density at radius 1 is 1.05 bits per heavy atom. The lowest BCUT2D eigenvalue weighted by atomic mass is 10.2. The minimum absolute atomic E-state index is 0.392. The summed E-state index contributed by atoms with van der Waals surface area (Å²) in [4.78, 5) is 0. The van der Waals surface area contributed by atoms with Crippen LogP contribution in [0.1, 0.15) is 5.56 Å². The Balaban J connectivity index is 2.13. The highest BCUT2D eigenvalue weighted by atomic mass is 79.9. The SMILES string of the molecule is COCCOCCOCCOc1cccc(Br)c1C#N. The first kappa shape index (κ1) is 16.9. The minimum atomic E-state index is 0.392. The molecule has 0 saturated carbocycles. The summed E-state index contributed by atoms with van der Waals surface area (Å²) in [6.45, 7) is 3.04. The van der Waals surface area contributed by atoms with E-state index in [2.05, 4.69) is 22.0 Å². The maximum Gasteiger partial charge on any atom is 0.138 e. The second-order valence-corrected chi connectivity index (χ2v) is 4.65.